The van der Waals surface area contributed by atoms with Crippen molar-refractivity contribution in [3.8, 4) is 11.6 Å². The highest BCUT2D eigenvalue weighted by Crippen LogP contribution is 2.25. The monoisotopic (exact) mass is 302 g/mol. The first-order valence-electron chi connectivity index (χ1n) is 4.25. The molecule has 0 bridgehead atoms. The molecule has 0 aliphatic carbocycles. The van der Waals surface area contributed by atoms with Crippen molar-refractivity contribution >= 4 is 27.5 Å². The normalized spacial score (nSPS) is 10.2. The molecule has 1 aromatic heterocycles. The van der Waals surface area contributed by atoms with Crippen molar-refractivity contribution in [2.45, 2.75) is 0 Å². The average molecular weight is 304 g/mol. The van der Waals surface area contributed by atoms with Crippen LogP contribution in [0.5, 0.6) is 11.6 Å². The van der Waals surface area contributed by atoms with Crippen molar-refractivity contribution in [1.29, 1.82) is 0 Å². The van der Waals surface area contributed by atoms with E-state index in [0.717, 1.165) is 0 Å². The minimum atomic E-state index is -0.490. The van der Waals surface area contributed by atoms with Crippen molar-refractivity contribution in [3.05, 3.63) is 46.0 Å². The fourth-order valence-corrected chi connectivity index (χ4v) is 1.52. The van der Waals surface area contributed by atoms with E-state index in [2.05, 4.69) is 25.9 Å². The molecule has 2 aromatic rings. The highest BCUT2D eigenvalue weighted by atomic mass is 79.9. The lowest BCUT2D eigenvalue weighted by Crippen LogP contribution is -1.91. The van der Waals surface area contributed by atoms with E-state index in [1.54, 1.807) is 6.07 Å². The van der Waals surface area contributed by atoms with Crippen LogP contribution in [-0.2, 0) is 0 Å². The zero-order valence-corrected chi connectivity index (χ0v) is 10.2. The predicted octanol–water partition coefficient (Wildman–Crippen LogP) is 3.82. The lowest BCUT2D eigenvalue weighted by atomic mass is 10.3. The van der Waals surface area contributed by atoms with E-state index < -0.39 is 5.82 Å². The van der Waals surface area contributed by atoms with Gasteiger partial charge in [-0.1, -0.05) is 27.5 Å². The Bertz CT molecular complexity index is 524. The van der Waals surface area contributed by atoms with Gasteiger partial charge in [-0.05, 0) is 18.2 Å². The summed E-state index contributed by atoms with van der Waals surface area (Å²) in [6.45, 7) is 0. The van der Waals surface area contributed by atoms with Gasteiger partial charge in [0.1, 0.15) is 0 Å². The Morgan fingerprint density at radius 2 is 2.12 bits per heavy atom. The number of rotatable bonds is 2. The van der Waals surface area contributed by atoms with E-state index in [0.29, 0.717) is 4.47 Å². The van der Waals surface area contributed by atoms with Crippen molar-refractivity contribution in [2.24, 2.45) is 0 Å². The number of nitrogens with zero attached hydrogens (tertiary/aromatic N) is 2. The first-order valence-corrected chi connectivity index (χ1v) is 5.43. The summed E-state index contributed by atoms with van der Waals surface area (Å²) < 4.78 is 19.2. The Labute approximate surface area is 104 Å². The summed E-state index contributed by atoms with van der Waals surface area (Å²) in [4.78, 5) is 7.61. The number of halogens is 3. The van der Waals surface area contributed by atoms with Crippen LogP contribution in [0.3, 0.4) is 0 Å². The van der Waals surface area contributed by atoms with Crippen LogP contribution in [0.2, 0.25) is 5.15 Å². The van der Waals surface area contributed by atoms with Gasteiger partial charge >= 0.3 is 0 Å². The summed E-state index contributed by atoms with van der Waals surface area (Å²) in [5.74, 6) is -0.273. The van der Waals surface area contributed by atoms with Crippen molar-refractivity contribution in [1.82, 2.24) is 9.97 Å². The zero-order chi connectivity index (χ0) is 11.5. The Kier molecular flexibility index (Phi) is 3.36. The summed E-state index contributed by atoms with van der Waals surface area (Å²) in [5.41, 5.74) is 0. The third-order valence-corrected chi connectivity index (χ3v) is 2.37. The van der Waals surface area contributed by atoms with E-state index >= 15 is 0 Å². The molecule has 0 unspecified atom stereocenters. The molecule has 1 aromatic carbocycles. The third kappa shape index (κ3) is 2.68. The van der Waals surface area contributed by atoms with Crippen LogP contribution in [0.25, 0.3) is 0 Å². The molecule has 6 heteroatoms. The van der Waals surface area contributed by atoms with Gasteiger partial charge in [0.2, 0.25) is 5.88 Å². The molecule has 0 saturated carbocycles. The maximum Gasteiger partial charge on any atom is 0.239 e. The highest BCUT2D eigenvalue weighted by molar-refractivity contribution is 9.10. The lowest BCUT2D eigenvalue weighted by molar-refractivity contribution is 0.425. The van der Waals surface area contributed by atoms with E-state index in [1.165, 1.54) is 24.5 Å². The van der Waals surface area contributed by atoms with Crippen LogP contribution in [0.1, 0.15) is 0 Å². The smallest absolute Gasteiger partial charge is 0.239 e. The molecule has 82 valence electrons. The first kappa shape index (κ1) is 11.3. The summed E-state index contributed by atoms with van der Waals surface area (Å²) >= 11 is 8.77. The second-order valence-electron chi connectivity index (χ2n) is 2.86. The number of aromatic nitrogens is 2. The SMILES string of the molecule is Fc1cc(Br)ccc1Oc1cncc(Cl)n1. The molecule has 2 rings (SSSR count). The number of benzene rings is 1. The molecular formula is C10H5BrClFN2O. The number of ether oxygens (including phenoxy) is 1. The molecule has 0 spiro atoms. The van der Waals surface area contributed by atoms with E-state index in [1.807, 2.05) is 0 Å². The molecule has 0 fully saturated rings. The second-order valence-corrected chi connectivity index (χ2v) is 4.16. The standard InChI is InChI=1S/C10H5BrClFN2O/c11-6-1-2-8(7(13)3-6)16-10-5-14-4-9(12)15-10/h1-5H. The van der Waals surface area contributed by atoms with Gasteiger partial charge in [-0.3, -0.25) is 4.98 Å². The van der Waals surface area contributed by atoms with Crippen molar-refractivity contribution in [3.63, 3.8) is 0 Å². The van der Waals surface area contributed by atoms with Crippen LogP contribution in [0.15, 0.2) is 35.1 Å². The predicted molar refractivity (Wildman–Crippen MR) is 61.2 cm³/mol. The van der Waals surface area contributed by atoms with Gasteiger partial charge < -0.3 is 4.74 Å². The second kappa shape index (κ2) is 4.76. The van der Waals surface area contributed by atoms with Gasteiger partial charge in [-0.25, -0.2) is 4.39 Å². The molecular weight excluding hydrogens is 298 g/mol. The summed E-state index contributed by atoms with van der Waals surface area (Å²) in [6, 6.07) is 4.45. The van der Waals surface area contributed by atoms with E-state index in [4.69, 9.17) is 16.3 Å². The molecule has 0 radical (unpaired) electrons. The van der Waals surface area contributed by atoms with Gasteiger partial charge in [0, 0.05) is 4.47 Å². The van der Waals surface area contributed by atoms with Crippen molar-refractivity contribution < 1.29 is 9.13 Å². The van der Waals surface area contributed by atoms with Crippen LogP contribution < -0.4 is 4.74 Å². The Morgan fingerprint density at radius 1 is 1.31 bits per heavy atom. The van der Waals surface area contributed by atoms with Gasteiger partial charge in [-0.2, -0.15) is 4.98 Å². The largest absolute Gasteiger partial charge is 0.434 e. The molecule has 0 saturated heterocycles. The highest BCUT2D eigenvalue weighted by Gasteiger charge is 2.06. The van der Waals surface area contributed by atoms with Crippen LogP contribution >= 0.6 is 27.5 Å². The minimum Gasteiger partial charge on any atom is -0.434 e. The minimum absolute atomic E-state index is 0.0692. The van der Waals surface area contributed by atoms with Crippen LogP contribution in [0.4, 0.5) is 4.39 Å². The van der Waals surface area contributed by atoms with Gasteiger partial charge in [-0.15, -0.1) is 0 Å². The van der Waals surface area contributed by atoms with Gasteiger partial charge in [0.25, 0.3) is 0 Å². The molecule has 3 nitrogen and oxygen atoms in total. The summed E-state index contributed by atoms with van der Waals surface area (Å²) in [6.07, 6.45) is 2.72. The lowest BCUT2D eigenvalue weighted by Gasteiger charge is -2.05. The zero-order valence-electron chi connectivity index (χ0n) is 7.82. The summed E-state index contributed by atoms with van der Waals surface area (Å²) in [7, 11) is 0. The molecule has 16 heavy (non-hydrogen) atoms. The Balaban J connectivity index is 2.27. The third-order valence-electron chi connectivity index (χ3n) is 1.69. The van der Waals surface area contributed by atoms with Crippen molar-refractivity contribution in [2.75, 3.05) is 0 Å². The van der Waals surface area contributed by atoms with E-state index in [9.17, 15) is 4.39 Å². The first-order chi connectivity index (χ1) is 7.65. The fourth-order valence-electron chi connectivity index (χ4n) is 1.05. The fraction of sp³-hybridized carbons (Fsp3) is 0. The molecule has 0 atom stereocenters. The molecule has 1 heterocycles. The Hall–Kier alpha value is -1.20. The molecule has 0 aliphatic rings. The number of hydrogen-bond donors (Lipinski definition) is 0. The maximum absolute atomic E-state index is 13.4. The average Bonchev–Trinajstić information content (AvgIpc) is 2.22. The maximum atomic E-state index is 13.4. The molecule has 0 aliphatic heterocycles. The van der Waals surface area contributed by atoms with Gasteiger partial charge in [0.05, 0.1) is 12.4 Å². The molecule has 0 N–H and O–H groups in total. The van der Waals surface area contributed by atoms with E-state index in [-0.39, 0.29) is 16.8 Å². The topological polar surface area (TPSA) is 35.0 Å². The quantitative estimate of drug-likeness (QED) is 0.846. The Morgan fingerprint density at radius 3 is 2.81 bits per heavy atom. The molecule has 0 amide bonds. The van der Waals surface area contributed by atoms with Crippen LogP contribution in [-0.4, -0.2) is 9.97 Å². The summed E-state index contributed by atoms with van der Waals surface area (Å²) in [5, 5.41) is 0.190. The van der Waals surface area contributed by atoms with Gasteiger partial charge in [0.15, 0.2) is 16.7 Å². The van der Waals surface area contributed by atoms with Crippen LogP contribution in [0, 0.1) is 5.82 Å². The number of hydrogen-bond acceptors (Lipinski definition) is 3.